The van der Waals surface area contributed by atoms with Crippen LogP contribution < -0.4 is 19.8 Å². The highest BCUT2D eigenvalue weighted by Crippen LogP contribution is 2.35. The van der Waals surface area contributed by atoms with Crippen LogP contribution in [0.5, 0.6) is 0 Å². The van der Waals surface area contributed by atoms with Gasteiger partial charge in [-0.05, 0) is 36.8 Å². The minimum Gasteiger partial charge on any atom is -0.378 e. The van der Waals surface area contributed by atoms with Crippen molar-refractivity contribution < 1.29 is 26.3 Å². The standard InChI is InChI=1S/C24H28F3N7O3S/c1-16-13-18(34-9-11-37-12-10-34)6-7-20(16)31-23-30-15-19(24(25,26)27)21(32-23)29-14-17-5-4-8-28-22(17)33(2)38(3,35)36/h4-8,13,15H,9-12,14H2,1-3H3,(H2,29,30,31,32). The number of alkyl halides is 3. The molecule has 3 aromatic rings. The van der Waals surface area contributed by atoms with Crippen LogP contribution in [0.3, 0.4) is 0 Å². The fourth-order valence-corrected chi connectivity index (χ4v) is 4.38. The molecule has 1 saturated heterocycles. The second-order valence-electron chi connectivity index (χ2n) is 8.75. The Balaban J connectivity index is 1.58. The van der Waals surface area contributed by atoms with Gasteiger partial charge in [-0.3, -0.25) is 4.31 Å². The van der Waals surface area contributed by atoms with Gasteiger partial charge in [0.15, 0.2) is 0 Å². The van der Waals surface area contributed by atoms with Crippen LogP contribution in [0.4, 0.5) is 42.1 Å². The molecule has 2 N–H and O–H groups in total. The second kappa shape index (κ2) is 11.0. The number of sulfonamides is 1. The van der Waals surface area contributed by atoms with Gasteiger partial charge < -0.3 is 20.3 Å². The van der Waals surface area contributed by atoms with Crippen LogP contribution in [0.2, 0.25) is 0 Å². The topological polar surface area (TPSA) is 113 Å². The Morgan fingerprint density at radius 2 is 1.89 bits per heavy atom. The predicted octanol–water partition coefficient (Wildman–Crippen LogP) is 3.79. The Labute approximate surface area is 218 Å². The zero-order chi connectivity index (χ0) is 27.5. The van der Waals surface area contributed by atoms with Crippen LogP contribution in [0.15, 0.2) is 42.7 Å². The fourth-order valence-electron chi connectivity index (χ4n) is 3.90. The second-order valence-corrected chi connectivity index (χ2v) is 10.8. The van der Waals surface area contributed by atoms with E-state index in [-0.39, 0.29) is 18.3 Å². The van der Waals surface area contributed by atoms with Gasteiger partial charge in [0.05, 0.1) is 19.5 Å². The van der Waals surface area contributed by atoms with E-state index in [4.69, 9.17) is 4.74 Å². The molecule has 4 rings (SSSR count). The number of aromatic nitrogens is 3. The number of nitrogens with one attached hydrogen (secondary N) is 2. The first kappa shape index (κ1) is 27.4. The molecule has 1 fully saturated rings. The first-order chi connectivity index (χ1) is 17.9. The number of ether oxygens (including phenoxy) is 1. The van der Waals surface area contributed by atoms with Gasteiger partial charge in [0.1, 0.15) is 17.2 Å². The summed E-state index contributed by atoms with van der Waals surface area (Å²) in [5, 5.41) is 5.68. The highest BCUT2D eigenvalue weighted by atomic mass is 32.2. The lowest BCUT2D eigenvalue weighted by Crippen LogP contribution is -2.36. The average molecular weight is 552 g/mol. The summed E-state index contributed by atoms with van der Waals surface area (Å²) in [5.41, 5.74) is 1.87. The maximum atomic E-state index is 13.7. The molecule has 1 aliphatic rings. The monoisotopic (exact) mass is 551 g/mol. The van der Waals surface area contributed by atoms with Gasteiger partial charge in [-0.25, -0.2) is 18.4 Å². The van der Waals surface area contributed by atoms with Crippen LogP contribution in [0, 0.1) is 6.92 Å². The highest BCUT2D eigenvalue weighted by molar-refractivity contribution is 7.92. The minimum atomic E-state index is -4.71. The summed E-state index contributed by atoms with van der Waals surface area (Å²) >= 11 is 0. The van der Waals surface area contributed by atoms with Gasteiger partial charge in [0.2, 0.25) is 16.0 Å². The normalized spacial score (nSPS) is 14.3. The predicted molar refractivity (Wildman–Crippen MR) is 139 cm³/mol. The number of hydrogen-bond donors (Lipinski definition) is 2. The van der Waals surface area contributed by atoms with Crippen LogP contribution in [0.1, 0.15) is 16.7 Å². The molecule has 1 aliphatic heterocycles. The maximum absolute atomic E-state index is 13.7. The molecule has 0 saturated carbocycles. The summed E-state index contributed by atoms with van der Waals surface area (Å²) < 4.78 is 71.5. The van der Waals surface area contributed by atoms with Crippen molar-refractivity contribution in [3.05, 3.63) is 59.4 Å². The Hall–Kier alpha value is -3.65. The molecule has 2 aromatic heterocycles. The smallest absolute Gasteiger partial charge is 0.378 e. The van der Waals surface area contributed by atoms with Crippen molar-refractivity contribution in [3.63, 3.8) is 0 Å². The van der Waals surface area contributed by atoms with Crippen molar-refractivity contribution >= 4 is 39.0 Å². The summed E-state index contributed by atoms with van der Waals surface area (Å²) in [7, 11) is -2.31. The van der Waals surface area contributed by atoms with E-state index in [0.717, 1.165) is 34.9 Å². The Kier molecular flexibility index (Phi) is 7.92. The number of aryl methyl sites for hydroxylation is 1. The first-order valence-corrected chi connectivity index (χ1v) is 13.5. The Morgan fingerprint density at radius 3 is 2.55 bits per heavy atom. The molecular weight excluding hydrogens is 523 g/mol. The number of pyridine rings is 1. The molecule has 3 heterocycles. The van der Waals surface area contributed by atoms with E-state index < -0.39 is 27.6 Å². The number of benzene rings is 1. The van der Waals surface area contributed by atoms with Crippen molar-refractivity contribution in [1.29, 1.82) is 0 Å². The third-order valence-electron chi connectivity index (χ3n) is 6.04. The van der Waals surface area contributed by atoms with Gasteiger partial charge in [-0.2, -0.15) is 18.2 Å². The number of nitrogens with zero attached hydrogens (tertiary/aromatic N) is 5. The SMILES string of the molecule is Cc1cc(N2CCOCC2)ccc1Nc1ncc(C(F)(F)F)c(NCc2cccnc2N(C)S(C)(=O)=O)n1. The number of rotatable bonds is 8. The van der Waals surface area contributed by atoms with Crippen LogP contribution in [-0.4, -0.2) is 63.0 Å². The highest BCUT2D eigenvalue weighted by Gasteiger charge is 2.35. The molecule has 1 aromatic carbocycles. The van der Waals surface area contributed by atoms with Crippen molar-refractivity contribution in [2.75, 3.05) is 59.4 Å². The Bertz CT molecular complexity index is 1400. The molecule has 204 valence electrons. The molecule has 0 aliphatic carbocycles. The van der Waals surface area contributed by atoms with Crippen molar-refractivity contribution in [2.24, 2.45) is 0 Å². The summed E-state index contributed by atoms with van der Waals surface area (Å²) in [5.74, 6) is -0.378. The van der Waals surface area contributed by atoms with E-state index in [0.29, 0.717) is 30.7 Å². The van der Waals surface area contributed by atoms with Gasteiger partial charge in [0.25, 0.3) is 0 Å². The molecule has 0 amide bonds. The molecule has 0 radical (unpaired) electrons. The van der Waals surface area contributed by atoms with E-state index in [1.165, 1.54) is 13.2 Å². The molecule has 0 atom stereocenters. The zero-order valence-corrected chi connectivity index (χ0v) is 21.9. The molecular formula is C24H28F3N7O3S. The molecule has 0 spiro atoms. The zero-order valence-electron chi connectivity index (χ0n) is 21.1. The third-order valence-corrected chi connectivity index (χ3v) is 7.20. The fraction of sp³-hybridized carbons (Fsp3) is 0.375. The van der Waals surface area contributed by atoms with Crippen LogP contribution in [-0.2, 0) is 27.5 Å². The quantitative estimate of drug-likeness (QED) is 0.432. The van der Waals surface area contributed by atoms with Gasteiger partial charge in [0, 0.05) is 56.0 Å². The summed E-state index contributed by atoms with van der Waals surface area (Å²) in [4.78, 5) is 14.3. The average Bonchev–Trinajstić information content (AvgIpc) is 2.88. The van der Waals surface area contributed by atoms with Crippen molar-refractivity contribution in [2.45, 2.75) is 19.6 Å². The minimum absolute atomic E-state index is 0.0256. The molecule has 38 heavy (non-hydrogen) atoms. The number of morpholine rings is 1. The van der Waals surface area contributed by atoms with E-state index >= 15 is 0 Å². The first-order valence-electron chi connectivity index (χ1n) is 11.7. The van der Waals surface area contributed by atoms with E-state index in [2.05, 4.69) is 30.5 Å². The molecule has 10 nitrogen and oxygen atoms in total. The lowest BCUT2D eigenvalue weighted by Gasteiger charge is -2.29. The maximum Gasteiger partial charge on any atom is 0.421 e. The van der Waals surface area contributed by atoms with Gasteiger partial charge in [-0.1, -0.05) is 6.07 Å². The number of halogens is 3. The van der Waals surface area contributed by atoms with Crippen LogP contribution in [0.25, 0.3) is 0 Å². The number of anilines is 5. The Morgan fingerprint density at radius 1 is 1.16 bits per heavy atom. The lowest BCUT2D eigenvalue weighted by molar-refractivity contribution is -0.137. The van der Waals surface area contributed by atoms with Crippen molar-refractivity contribution in [1.82, 2.24) is 15.0 Å². The summed E-state index contributed by atoms with van der Waals surface area (Å²) in [6.07, 6.45) is -1.58. The molecule has 0 unspecified atom stereocenters. The van der Waals surface area contributed by atoms with Gasteiger partial charge in [-0.15, -0.1) is 0 Å². The largest absolute Gasteiger partial charge is 0.421 e. The molecule has 0 bridgehead atoms. The van der Waals surface area contributed by atoms with E-state index in [1.54, 1.807) is 12.1 Å². The lowest BCUT2D eigenvalue weighted by atomic mass is 10.1. The van der Waals surface area contributed by atoms with E-state index in [9.17, 15) is 21.6 Å². The third kappa shape index (κ3) is 6.42. The molecule has 14 heteroatoms. The van der Waals surface area contributed by atoms with Crippen LogP contribution >= 0.6 is 0 Å². The van der Waals surface area contributed by atoms with Crippen molar-refractivity contribution in [3.8, 4) is 0 Å². The van der Waals surface area contributed by atoms with Gasteiger partial charge >= 0.3 is 6.18 Å². The summed E-state index contributed by atoms with van der Waals surface area (Å²) in [6, 6.07) is 8.88. The number of hydrogen-bond acceptors (Lipinski definition) is 9. The summed E-state index contributed by atoms with van der Waals surface area (Å²) in [6.45, 7) is 4.59. The van der Waals surface area contributed by atoms with E-state index in [1.807, 2.05) is 25.1 Å².